The smallest absolute Gasteiger partial charge is 0.300 e. The molecule has 6 aromatic rings. The van der Waals surface area contributed by atoms with Gasteiger partial charge in [0.15, 0.2) is 22.3 Å². The van der Waals surface area contributed by atoms with E-state index >= 15 is 0 Å². The Balaban J connectivity index is 0.729. The van der Waals surface area contributed by atoms with Crippen LogP contribution in [0.15, 0.2) is 84.1 Å². The zero-order chi connectivity index (χ0) is 61.1. The lowest BCUT2D eigenvalue weighted by molar-refractivity contribution is -0.384. The summed E-state index contributed by atoms with van der Waals surface area (Å²) in [5.41, 5.74) is 4.51. The van der Waals surface area contributed by atoms with Crippen molar-refractivity contribution in [3.63, 3.8) is 0 Å². The molecule has 1 amide bonds. The number of amides is 1. The van der Waals surface area contributed by atoms with Gasteiger partial charge >= 0.3 is 5.69 Å². The average Bonchev–Trinajstić information content (AvgIpc) is 1.41. The summed E-state index contributed by atoms with van der Waals surface area (Å²) in [6.45, 7) is 16.3. The average molecular weight is 1240 g/mol. The molecular weight excluding hydrogens is 1160 g/mol. The summed E-state index contributed by atoms with van der Waals surface area (Å²) < 4.78 is 73.3. The van der Waals surface area contributed by atoms with Crippen LogP contribution in [0.5, 0.6) is 23.3 Å². The zero-order valence-electron chi connectivity index (χ0n) is 50.8. The van der Waals surface area contributed by atoms with Crippen LogP contribution in [0.1, 0.15) is 86.8 Å². The normalized spacial score (nSPS) is 24.8. The molecule has 2 unspecified atom stereocenters. The number of nitrogens with one attached hydrogen (secondary N) is 3. The molecule has 7 aliphatic heterocycles. The third-order valence-electron chi connectivity index (χ3n) is 20.0. The number of sulfonamides is 1. The highest BCUT2D eigenvalue weighted by atomic mass is 32.2. The molecule has 4 aromatic heterocycles. The molecule has 3 N–H and O–H groups in total. The minimum atomic E-state index is -4.84. The molecule has 14 rings (SSSR count). The van der Waals surface area contributed by atoms with Gasteiger partial charge in [0.25, 0.3) is 15.9 Å². The first-order chi connectivity index (χ1) is 43.2. The molecular formula is C64H78N12O12S. The number of morpholine rings is 1. The Kier molecular flexibility index (Phi) is 16.2. The van der Waals surface area contributed by atoms with Gasteiger partial charge in [0, 0.05) is 107 Å². The van der Waals surface area contributed by atoms with E-state index in [0.717, 1.165) is 124 Å². The number of pyridine rings is 3. The first-order valence-electron chi connectivity index (χ1n) is 31.4. The predicted octanol–water partition coefficient (Wildman–Crippen LogP) is 7.85. The number of fused-ring (bicyclic) bond motifs is 4. The number of aromatic amines is 1. The molecule has 2 aromatic carbocycles. The lowest BCUT2D eigenvalue weighted by Gasteiger charge is -2.62. The topological polar surface area (TPSA) is 254 Å². The molecule has 1 aliphatic carbocycles. The first kappa shape index (κ1) is 59.1. The second kappa shape index (κ2) is 24.3. The van der Waals surface area contributed by atoms with Gasteiger partial charge in [-0.2, -0.15) is 18.4 Å². The van der Waals surface area contributed by atoms with Gasteiger partial charge in [-0.3, -0.25) is 24.7 Å². The van der Waals surface area contributed by atoms with Crippen molar-refractivity contribution in [2.75, 3.05) is 119 Å². The van der Waals surface area contributed by atoms with E-state index in [1.54, 1.807) is 19.4 Å². The van der Waals surface area contributed by atoms with E-state index in [9.17, 15) is 23.3 Å². The summed E-state index contributed by atoms with van der Waals surface area (Å²) in [7, 11) is -3.13. The molecule has 8 aliphatic rings. The number of para-hydroxylation sites is 1. The van der Waals surface area contributed by atoms with Crippen LogP contribution in [-0.2, 0) is 30.8 Å². The van der Waals surface area contributed by atoms with Gasteiger partial charge < -0.3 is 58.2 Å². The maximum atomic E-state index is 15.0. The van der Waals surface area contributed by atoms with Gasteiger partial charge in [0.05, 0.1) is 73.4 Å². The fraction of sp³-hybridized carbons (Fsp3) is 0.531. The second-order valence-corrected chi connectivity index (χ2v) is 27.0. The summed E-state index contributed by atoms with van der Waals surface area (Å²) in [5.74, 6) is 2.25. The fourth-order valence-corrected chi connectivity index (χ4v) is 16.1. The van der Waals surface area contributed by atoms with E-state index in [1.807, 2.05) is 30.5 Å². The summed E-state index contributed by atoms with van der Waals surface area (Å²) in [5, 5.41) is 16.0. The zero-order valence-corrected chi connectivity index (χ0v) is 51.6. The van der Waals surface area contributed by atoms with Gasteiger partial charge in [-0.25, -0.2) is 9.71 Å². The summed E-state index contributed by atoms with van der Waals surface area (Å²) >= 11 is 0. The molecule has 6 atom stereocenters. The predicted molar refractivity (Wildman–Crippen MR) is 333 cm³/mol. The monoisotopic (exact) mass is 1240 g/mol. The lowest BCUT2D eigenvalue weighted by atomic mass is 9.53. The third kappa shape index (κ3) is 11.4. The number of H-pyrrole nitrogens is 1. The van der Waals surface area contributed by atoms with Crippen molar-refractivity contribution in [2.24, 2.45) is 17.3 Å². The Bertz CT molecular complexity index is 3740. The maximum Gasteiger partial charge on any atom is 0.300 e. The Morgan fingerprint density at radius 2 is 1.66 bits per heavy atom. The number of carbonyl (C=O) groups excluding carboxylic acids is 1. The largest absolute Gasteiger partial charge is 0.493 e. The minimum Gasteiger partial charge on any atom is -0.493 e. The van der Waals surface area contributed by atoms with Crippen LogP contribution in [0.25, 0.3) is 11.0 Å². The highest BCUT2D eigenvalue weighted by Crippen LogP contribution is 2.58. The number of piperazine rings is 1. The van der Waals surface area contributed by atoms with E-state index in [4.69, 9.17) is 43.1 Å². The van der Waals surface area contributed by atoms with Crippen molar-refractivity contribution in [3.05, 3.63) is 106 Å². The molecule has 11 heterocycles. The van der Waals surface area contributed by atoms with Crippen molar-refractivity contribution < 1.29 is 51.3 Å². The van der Waals surface area contributed by atoms with E-state index in [-0.39, 0.29) is 65.9 Å². The van der Waals surface area contributed by atoms with Crippen LogP contribution in [0.4, 0.5) is 34.3 Å². The van der Waals surface area contributed by atoms with Crippen molar-refractivity contribution in [1.82, 2.24) is 34.5 Å². The number of nitro groups is 1. The Morgan fingerprint density at radius 1 is 0.865 bits per heavy atom. The van der Waals surface area contributed by atoms with Crippen molar-refractivity contribution in [2.45, 2.75) is 107 Å². The molecule has 6 fully saturated rings. The molecule has 1 spiro atoms. The number of hydrogen-bond acceptors (Lipinski definition) is 21. The van der Waals surface area contributed by atoms with Gasteiger partial charge in [0.1, 0.15) is 29.8 Å². The Hall–Kier alpha value is -7.55. The number of rotatable bonds is 15. The van der Waals surface area contributed by atoms with Gasteiger partial charge in [-0.1, -0.05) is 25.1 Å². The van der Waals surface area contributed by atoms with Crippen LogP contribution in [0.2, 0.25) is 0 Å². The molecule has 25 heteroatoms. The molecule has 472 valence electrons. The molecule has 24 nitrogen and oxygen atoms in total. The number of piperidine rings is 1. The quantitative estimate of drug-likeness (QED) is 0.0653. The van der Waals surface area contributed by atoms with Crippen molar-refractivity contribution >= 4 is 61.2 Å². The summed E-state index contributed by atoms with van der Waals surface area (Å²) in [6.07, 6.45) is 8.35. The van der Waals surface area contributed by atoms with E-state index in [2.05, 4.69) is 95.6 Å². The second-order valence-electron chi connectivity index (χ2n) is 25.3. The van der Waals surface area contributed by atoms with Crippen LogP contribution in [0, 0.1) is 27.4 Å². The third-order valence-corrected chi connectivity index (χ3v) is 21.2. The molecule has 0 bridgehead atoms. The number of nitrogens with zero attached hydrogens (tertiary/aromatic N) is 9. The Labute approximate surface area is 517 Å². The minimum absolute atomic E-state index is 0.00605. The van der Waals surface area contributed by atoms with E-state index < -0.39 is 37.7 Å². The number of carbonyl (C=O) groups is 1. The highest BCUT2D eigenvalue weighted by molar-refractivity contribution is 7.90. The number of benzene rings is 2. The van der Waals surface area contributed by atoms with Crippen LogP contribution in [0.3, 0.4) is 0 Å². The van der Waals surface area contributed by atoms with Crippen molar-refractivity contribution in [3.8, 4) is 23.3 Å². The molecule has 0 radical (unpaired) electrons. The molecule has 89 heavy (non-hydrogen) atoms. The fourth-order valence-electron chi connectivity index (χ4n) is 15.1. The SMILES string of the molecule is COc1cc(CN2CCN(C3CC4(CCN(c5ccc(C(=O)NS(=O)(=O)c6cc([N+](=O)[O-])c7c(n6)OC[C@@H](C6CCOCC6)N7)c(N6c7cc8cc[nH]c8nc7O[C@H]7COCC[C@@H]76)c5)CC4)C3C)[C@@H](c3ccccc3OC(C)C)C2)cnc1N1CCOCC1. The number of ether oxygens (including phenoxy) is 7. The lowest BCUT2D eigenvalue weighted by Crippen LogP contribution is -2.64. The van der Waals surface area contributed by atoms with Gasteiger partial charge in [-0.15, -0.1) is 0 Å². The van der Waals surface area contributed by atoms with E-state index in [1.165, 1.54) is 5.56 Å². The van der Waals surface area contributed by atoms with Gasteiger partial charge in [-0.05, 0) is 118 Å². The van der Waals surface area contributed by atoms with Crippen LogP contribution >= 0.6 is 0 Å². The molecule has 5 saturated heterocycles. The summed E-state index contributed by atoms with van der Waals surface area (Å²) in [6, 6.07) is 20.8. The Morgan fingerprint density at radius 3 is 2.45 bits per heavy atom. The maximum absolute atomic E-state index is 15.0. The number of hydrogen-bond donors (Lipinski definition) is 3. The van der Waals surface area contributed by atoms with Gasteiger partial charge in [0.2, 0.25) is 11.8 Å². The molecule has 1 saturated carbocycles. The first-order valence-corrected chi connectivity index (χ1v) is 32.9. The number of methoxy groups -OCH3 is 1. The number of aromatic nitrogens is 4. The van der Waals surface area contributed by atoms with Crippen LogP contribution < -0.4 is 43.7 Å². The van der Waals surface area contributed by atoms with E-state index in [0.29, 0.717) is 74.3 Å². The van der Waals surface area contributed by atoms with Crippen molar-refractivity contribution in [1.29, 1.82) is 0 Å². The standard InChI is InChI=1S/C64H78N12O12S/c1-39(2)87-54-8-6-5-7-45(54)53-36-71(35-41-29-55(82-4)60(66-34-41)73-22-27-84-28-23-73)20-21-74(53)52-33-64(40(52)3)15-18-72(19-16-64)44-9-10-46(49(31-44)75-48-14-26-85-38-56(48)88-62-51(75)30-43-11-17-65-59(43)69-62)61(77)70-89(80,81)57-32-50(76(78)79)58-63(68-57)86-37-47(67-58)42-12-24-83-25-13-42/h5-11,17,29-32,34,39-40,42,47-48,52-53,56,67H,12-16,18-28,33,35-38H2,1-4H3,(H,65,69)(H,70,77)/t40?,47-,48-,52?,53+,56-/m0/s1. The highest BCUT2D eigenvalue weighted by Gasteiger charge is 2.56. The number of anilines is 5. The summed E-state index contributed by atoms with van der Waals surface area (Å²) in [4.78, 5) is 56.2. The van der Waals surface area contributed by atoms with Crippen LogP contribution in [-0.4, -0.2) is 178 Å².